The molecule has 9 heteroatoms. The van der Waals surface area contributed by atoms with E-state index in [1.165, 1.54) is 36.3 Å². The third kappa shape index (κ3) is 7.47. The summed E-state index contributed by atoms with van der Waals surface area (Å²) in [6.45, 7) is 8.99. The summed E-state index contributed by atoms with van der Waals surface area (Å²) in [5.74, 6) is 0. The van der Waals surface area contributed by atoms with Crippen LogP contribution in [0.25, 0.3) is 10.4 Å². The van der Waals surface area contributed by atoms with Gasteiger partial charge in [0.2, 0.25) is 0 Å². The van der Waals surface area contributed by atoms with Gasteiger partial charge in [-0.05, 0) is 71.3 Å². The first-order chi connectivity index (χ1) is 17.2. The summed E-state index contributed by atoms with van der Waals surface area (Å²) in [6.07, 6.45) is 0. The van der Waals surface area contributed by atoms with Crippen molar-refractivity contribution in [3.05, 3.63) is 101 Å². The molecule has 0 fully saturated rings. The standard InChI is InChI=1S/C27H27S2.CHF3O3S/c1-20-18-25(28-19-20)24-12-8-9-13-26(24)29(22-10-6-5-7-11-22)23-16-14-21(15-17-23)27(2,3)4;2-1(3,4)8(5,6)7/h5-19H,1-4H3;(H,5,6,7)/q+1;/p-1. The van der Waals surface area contributed by atoms with Gasteiger partial charge in [0.15, 0.2) is 24.8 Å². The van der Waals surface area contributed by atoms with Gasteiger partial charge in [0.25, 0.3) is 0 Å². The van der Waals surface area contributed by atoms with Gasteiger partial charge in [-0.25, -0.2) is 8.42 Å². The van der Waals surface area contributed by atoms with Crippen LogP contribution in [0.3, 0.4) is 0 Å². The quantitative estimate of drug-likeness (QED) is 0.143. The summed E-state index contributed by atoms with van der Waals surface area (Å²) in [4.78, 5) is 5.46. The molecule has 0 saturated heterocycles. The molecular weight excluding hydrogens is 538 g/mol. The molecule has 1 atom stereocenters. The SMILES string of the molecule is Cc1csc(-c2ccccc2[S+](c2ccccc2)c2ccc(C(C)(C)C)cc2)c1.O=S(=O)([O-])C(F)(F)F. The highest BCUT2D eigenvalue weighted by Crippen LogP contribution is 2.39. The zero-order valence-electron chi connectivity index (χ0n) is 20.7. The van der Waals surface area contributed by atoms with Crippen molar-refractivity contribution in [1.29, 1.82) is 0 Å². The molecule has 196 valence electrons. The van der Waals surface area contributed by atoms with Crippen LogP contribution in [0.1, 0.15) is 31.9 Å². The summed E-state index contributed by atoms with van der Waals surface area (Å²) in [7, 11) is -6.24. The molecule has 0 N–H and O–H groups in total. The molecule has 0 aliphatic heterocycles. The van der Waals surface area contributed by atoms with Gasteiger partial charge in [0, 0.05) is 10.4 Å². The highest BCUT2D eigenvalue weighted by atomic mass is 32.2. The predicted molar refractivity (Wildman–Crippen MR) is 144 cm³/mol. The van der Waals surface area contributed by atoms with Gasteiger partial charge in [0.05, 0.1) is 10.9 Å². The Hall–Kier alpha value is -2.59. The number of hydrogen-bond acceptors (Lipinski definition) is 4. The predicted octanol–water partition coefficient (Wildman–Crippen LogP) is 8.17. The Bertz CT molecular complexity index is 1420. The van der Waals surface area contributed by atoms with Crippen molar-refractivity contribution in [3.8, 4) is 10.4 Å². The normalized spacial score (nSPS) is 13.0. The Balaban J connectivity index is 0.000000414. The third-order valence-corrected chi connectivity index (χ3v) is 9.25. The maximum atomic E-state index is 10.7. The van der Waals surface area contributed by atoms with Gasteiger partial charge >= 0.3 is 5.51 Å². The Morgan fingerprint density at radius 3 is 1.81 bits per heavy atom. The molecule has 0 saturated carbocycles. The minimum atomic E-state index is -6.09. The minimum Gasteiger partial charge on any atom is -0.741 e. The highest BCUT2D eigenvalue weighted by molar-refractivity contribution is 7.97. The van der Waals surface area contributed by atoms with E-state index in [1.54, 1.807) is 0 Å². The van der Waals surface area contributed by atoms with Gasteiger partial charge in [-0.1, -0.05) is 63.2 Å². The third-order valence-electron chi connectivity index (χ3n) is 5.32. The molecule has 0 bridgehead atoms. The molecule has 4 aromatic rings. The lowest BCUT2D eigenvalue weighted by Crippen LogP contribution is -2.21. The van der Waals surface area contributed by atoms with Crippen LogP contribution in [0.15, 0.2) is 105 Å². The van der Waals surface area contributed by atoms with Gasteiger partial charge < -0.3 is 4.55 Å². The molecule has 0 aliphatic rings. The summed E-state index contributed by atoms with van der Waals surface area (Å²) in [5, 5.41) is 2.24. The van der Waals surface area contributed by atoms with Crippen LogP contribution in [0, 0.1) is 6.92 Å². The van der Waals surface area contributed by atoms with E-state index in [0.29, 0.717) is 0 Å². The fraction of sp³-hybridized carbons (Fsp3) is 0.214. The molecule has 3 aromatic carbocycles. The Labute approximate surface area is 223 Å². The van der Waals surface area contributed by atoms with E-state index >= 15 is 0 Å². The number of thiophene rings is 1. The number of rotatable bonds is 4. The van der Waals surface area contributed by atoms with E-state index in [0.717, 1.165) is 0 Å². The molecule has 0 aliphatic carbocycles. The topological polar surface area (TPSA) is 57.2 Å². The number of hydrogen-bond donors (Lipinski definition) is 0. The monoisotopic (exact) mass is 564 g/mol. The zero-order chi connectivity index (χ0) is 27.4. The summed E-state index contributed by atoms with van der Waals surface area (Å²) < 4.78 is 58.9. The van der Waals surface area contributed by atoms with Crippen molar-refractivity contribution in [1.82, 2.24) is 0 Å². The second kappa shape index (κ2) is 11.4. The Morgan fingerprint density at radius 2 is 1.32 bits per heavy atom. The van der Waals surface area contributed by atoms with Gasteiger partial charge in [-0.15, -0.1) is 11.3 Å². The number of halogens is 3. The molecule has 0 amide bonds. The van der Waals surface area contributed by atoms with Crippen molar-refractivity contribution in [2.24, 2.45) is 0 Å². The Kier molecular flexibility index (Phi) is 8.95. The molecule has 1 unspecified atom stereocenters. The van der Waals surface area contributed by atoms with Crippen molar-refractivity contribution in [2.45, 2.75) is 53.3 Å². The number of aryl methyl sites for hydroxylation is 1. The molecule has 4 rings (SSSR count). The maximum absolute atomic E-state index is 10.7. The molecule has 1 aromatic heterocycles. The lowest BCUT2D eigenvalue weighted by molar-refractivity contribution is -0.0517. The molecule has 0 radical (unpaired) electrons. The van der Waals surface area contributed by atoms with E-state index in [2.05, 4.69) is 118 Å². The molecule has 0 spiro atoms. The zero-order valence-corrected chi connectivity index (χ0v) is 23.2. The number of benzene rings is 3. The molecule has 1 heterocycles. The highest BCUT2D eigenvalue weighted by Gasteiger charge is 2.37. The first-order valence-electron chi connectivity index (χ1n) is 11.2. The fourth-order valence-corrected chi connectivity index (χ4v) is 6.69. The van der Waals surface area contributed by atoms with Crippen LogP contribution in [-0.4, -0.2) is 18.5 Å². The fourth-order valence-electron chi connectivity index (χ4n) is 3.46. The smallest absolute Gasteiger partial charge is 0.485 e. The van der Waals surface area contributed by atoms with Gasteiger partial charge in [-0.3, -0.25) is 0 Å². The van der Waals surface area contributed by atoms with Crippen molar-refractivity contribution in [2.75, 3.05) is 0 Å². The maximum Gasteiger partial charge on any atom is 0.485 e. The summed E-state index contributed by atoms with van der Waals surface area (Å²) in [6, 6.07) is 31.4. The first-order valence-corrected chi connectivity index (χ1v) is 14.8. The van der Waals surface area contributed by atoms with Gasteiger partial charge in [0.1, 0.15) is 0 Å². The van der Waals surface area contributed by atoms with E-state index in [9.17, 15) is 13.2 Å². The van der Waals surface area contributed by atoms with E-state index in [4.69, 9.17) is 13.0 Å². The van der Waals surface area contributed by atoms with E-state index in [1.807, 2.05) is 11.3 Å². The Morgan fingerprint density at radius 1 is 0.811 bits per heavy atom. The van der Waals surface area contributed by atoms with Crippen molar-refractivity contribution < 1.29 is 26.1 Å². The molecular formula is C28H27F3O3S3. The second-order valence-electron chi connectivity index (χ2n) is 9.28. The average molecular weight is 565 g/mol. The summed E-state index contributed by atoms with van der Waals surface area (Å²) in [5.41, 5.74) is -1.44. The molecule has 37 heavy (non-hydrogen) atoms. The average Bonchev–Trinajstić information content (AvgIpc) is 3.25. The van der Waals surface area contributed by atoms with Crippen molar-refractivity contribution >= 4 is 32.3 Å². The minimum absolute atomic E-state index is 0.146. The summed E-state index contributed by atoms with van der Waals surface area (Å²) >= 11 is 1.83. The van der Waals surface area contributed by atoms with E-state index in [-0.39, 0.29) is 16.3 Å². The lowest BCUT2D eigenvalue weighted by Gasteiger charge is -2.19. The van der Waals surface area contributed by atoms with Crippen LogP contribution < -0.4 is 0 Å². The largest absolute Gasteiger partial charge is 0.741 e. The van der Waals surface area contributed by atoms with Crippen LogP contribution in [0.4, 0.5) is 13.2 Å². The van der Waals surface area contributed by atoms with Crippen LogP contribution in [0.2, 0.25) is 0 Å². The van der Waals surface area contributed by atoms with Crippen LogP contribution in [0.5, 0.6) is 0 Å². The molecule has 3 nitrogen and oxygen atoms in total. The first kappa shape index (κ1) is 29.0. The van der Waals surface area contributed by atoms with Crippen LogP contribution in [-0.2, 0) is 26.4 Å². The number of alkyl halides is 3. The van der Waals surface area contributed by atoms with Crippen LogP contribution >= 0.6 is 11.3 Å². The van der Waals surface area contributed by atoms with E-state index < -0.39 is 15.6 Å². The van der Waals surface area contributed by atoms with Gasteiger partial charge in [-0.2, -0.15) is 13.2 Å². The van der Waals surface area contributed by atoms with Crippen molar-refractivity contribution in [3.63, 3.8) is 0 Å². The second-order valence-corrected chi connectivity index (χ2v) is 13.6. The lowest BCUT2D eigenvalue weighted by atomic mass is 9.87.